The maximum Gasteiger partial charge on any atom is 0.239 e. The summed E-state index contributed by atoms with van der Waals surface area (Å²) in [6, 6.07) is 7.80. The van der Waals surface area contributed by atoms with Crippen LogP contribution in [0.3, 0.4) is 0 Å². The van der Waals surface area contributed by atoms with Crippen LogP contribution < -0.4 is 10.6 Å². The van der Waals surface area contributed by atoms with Gasteiger partial charge in [-0.2, -0.15) is 0 Å². The summed E-state index contributed by atoms with van der Waals surface area (Å²) >= 11 is 0. The van der Waals surface area contributed by atoms with Gasteiger partial charge in [-0.1, -0.05) is 31.9 Å². The van der Waals surface area contributed by atoms with E-state index in [1.165, 1.54) is 19.3 Å². The predicted molar refractivity (Wildman–Crippen MR) is 80.4 cm³/mol. The van der Waals surface area contributed by atoms with Crippen molar-refractivity contribution in [1.29, 1.82) is 0 Å². The summed E-state index contributed by atoms with van der Waals surface area (Å²) in [6.07, 6.45) is 4.78. The van der Waals surface area contributed by atoms with Crippen molar-refractivity contribution in [2.24, 2.45) is 5.92 Å². The summed E-state index contributed by atoms with van der Waals surface area (Å²) in [5, 5.41) is 15.3. The Labute approximate surface area is 120 Å². The van der Waals surface area contributed by atoms with Crippen molar-refractivity contribution in [3.05, 3.63) is 29.8 Å². The van der Waals surface area contributed by atoms with Crippen molar-refractivity contribution in [2.45, 2.75) is 45.3 Å². The van der Waals surface area contributed by atoms with E-state index in [9.17, 15) is 4.79 Å². The van der Waals surface area contributed by atoms with Crippen LogP contribution in [0.15, 0.2) is 24.3 Å². The van der Waals surface area contributed by atoms with Crippen LogP contribution in [0.4, 0.5) is 5.69 Å². The number of hydrogen-bond donors (Lipinski definition) is 3. The molecule has 110 valence electrons. The first-order valence-electron chi connectivity index (χ1n) is 7.42. The molecule has 2 atom stereocenters. The molecular weight excluding hydrogens is 252 g/mol. The second kappa shape index (κ2) is 7.29. The third-order valence-electron chi connectivity index (χ3n) is 4.02. The van der Waals surface area contributed by atoms with E-state index in [1.807, 2.05) is 24.3 Å². The molecule has 1 aliphatic rings. The fraction of sp³-hybridized carbons (Fsp3) is 0.562. The molecule has 1 aromatic carbocycles. The highest BCUT2D eigenvalue weighted by Crippen LogP contribution is 2.23. The van der Waals surface area contributed by atoms with E-state index in [0.717, 1.165) is 17.7 Å². The molecule has 0 bridgehead atoms. The lowest BCUT2D eigenvalue weighted by atomic mass is 9.86. The molecule has 4 nitrogen and oxygen atoms in total. The van der Waals surface area contributed by atoms with Crippen molar-refractivity contribution in [3.8, 4) is 0 Å². The highest BCUT2D eigenvalue weighted by atomic mass is 16.3. The molecule has 0 aliphatic heterocycles. The number of hydrogen-bond acceptors (Lipinski definition) is 3. The van der Waals surface area contributed by atoms with Crippen LogP contribution in [0.25, 0.3) is 0 Å². The van der Waals surface area contributed by atoms with Crippen molar-refractivity contribution in [3.63, 3.8) is 0 Å². The van der Waals surface area contributed by atoms with E-state index in [2.05, 4.69) is 17.6 Å². The van der Waals surface area contributed by atoms with Gasteiger partial charge in [-0.25, -0.2) is 0 Å². The summed E-state index contributed by atoms with van der Waals surface area (Å²) < 4.78 is 0. The number of rotatable bonds is 5. The molecule has 0 radical (unpaired) electrons. The number of nitrogens with one attached hydrogen (secondary N) is 2. The van der Waals surface area contributed by atoms with Crippen LogP contribution in [0, 0.1) is 5.92 Å². The van der Waals surface area contributed by atoms with Crippen LogP contribution in [0.2, 0.25) is 0 Å². The Kier molecular flexibility index (Phi) is 5.41. The smallest absolute Gasteiger partial charge is 0.239 e. The molecular formula is C16H24N2O2. The van der Waals surface area contributed by atoms with Gasteiger partial charge in [0.05, 0.1) is 13.2 Å². The minimum Gasteiger partial charge on any atom is -0.392 e. The maximum atomic E-state index is 12.0. The zero-order valence-electron chi connectivity index (χ0n) is 12.1. The monoisotopic (exact) mass is 276 g/mol. The fourth-order valence-electron chi connectivity index (χ4n) is 2.75. The number of carbonyl (C=O) groups is 1. The molecule has 1 aromatic rings. The van der Waals surface area contributed by atoms with Gasteiger partial charge in [0, 0.05) is 11.7 Å². The summed E-state index contributed by atoms with van der Waals surface area (Å²) in [4.78, 5) is 12.0. The van der Waals surface area contributed by atoms with E-state index in [4.69, 9.17) is 5.11 Å². The summed E-state index contributed by atoms with van der Waals surface area (Å²) in [7, 11) is 0. The number of aliphatic hydroxyl groups is 1. The molecule has 4 heteroatoms. The molecule has 3 N–H and O–H groups in total. The first-order valence-corrected chi connectivity index (χ1v) is 7.42. The molecule has 0 spiro atoms. The Morgan fingerprint density at radius 1 is 1.35 bits per heavy atom. The largest absolute Gasteiger partial charge is 0.392 e. The van der Waals surface area contributed by atoms with Crippen molar-refractivity contribution < 1.29 is 9.90 Å². The Morgan fingerprint density at radius 2 is 2.15 bits per heavy atom. The second-order valence-electron chi connectivity index (χ2n) is 5.65. The molecule has 0 saturated heterocycles. The Morgan fingerprint density at radius 3 is 2.90 bits per heavy atom. The second-order valence-corrected chi connectivity index (χ2v) is 5.65. The van der Waals surface area contributed by atoms with Crippen LogP contribution in [0.5, 0.6) is 0 Å². The summed E-state index contributed by atoms with van der Waals surface area (Å²) in [5.41, 5.74) is 1.71. The van der Waals surface area contributed by atoms with Crippen LogP contribution >= 0.6 is 0 Å². The lowest BCUT2D eigenvalue weighted by Gasteiger charge is -2.29. The van der Waals surface area contributed by atoms with E-state index in [0.29, 0.717) is 12.0 Å². The Bertz CT molecular complexity index is 448. The molecule has 20 heavy (non-hydrogen) atoms. The van der Waals surface area contributed by atoms with Gasteiger partial charge in [0.15, 0.2) is 0 Å². The Hall–Kier alpha value is -1.55. The van der Waals surface area contributed by atoms with E-state index < -0.39 is 0 Å². The quantitative estimate of drug-likeness (QED) is 0.773. The molecule has 1 amide bonds. The standard InChI is InChI=1S/C16H24N2O2/c1-12-5-2-3-8-15(12)18-16(20)10-17-14-7-4-6-13(9-14)11-19/h4,6-7,9,12,15,17,19H,2-3,5,8,10-11H2,1H3,(H,18,20). The minimum atomic E-state index is 0.0152. The Balaban J connectivity index is 1.79. The van der Waals surface area contributed by atoms with Gasteiger partial charge >= 0.3 is 0 Å². The van der Waals surface area contributed by atoms with E-state index in [1.54, 1.807) is 0 Å². The molecule has 2 rings (SSSR count). The fourth-order valence-corrected chi connectivity index (χ4v) is 2.75. The van der Waals surface area contributed by atoms with Gasteiger partial charge in [0.1, 0.15) is 0 Å². The molecule has 0 aromatic heterocycles. The van der Waals surface area contributed by atoms with Crippen LogP contribution in [0.1, 0.15) is 38.2 Å². The highest BCUT2D eigenvalue weighted by molar-refractivity contribution is 5.81. The lowest BCUT2D eigenvalue weighted by molar-refractivity contribution is -0.120. The predicted octanol–water partition coefficient (Wildman–Crippen LogP) is 2.29. The topological polar surface area (TPSA) is 61.4 Å². The molecule has 1 aliphatic carbocycles. The molecule has 0 heterocycles. The van der Waals surface area contributed by atoms with Gasteiger partial charge < -0.3 is 15.7 Å². The molecule has 1 saturated carbocycles. The SMILES string of the molecule is CC1CCCCC1NC(=O)CNc1cccc(CO)c1. The van der Waals surface area contributed by atoms with Crippen molar-refractivity contribution in [2.75, 3.05) is 11.9 Å². The van der Waals surface area contributed by atoms with Crippen molar-refractivity contribution in [1.82, 2.24) is 5.32 Å². The van der Waals surface area contributed by atoms with Crippen LogP contribution in [-0.4, -0.2) is 23.6 Å². The summed E-state index contributed by atoms with van der Waals surface area (Å²) in [5.74, 6) is 0.614. The number of aliphatic hydroxyl groups excluding tert-OH is 1. The number of benzene rings is 1. The zero-order valence-corrected chi connectivity index (χ0v) is 12.1. The maximum absolute atomic E-state index is 12.0. The average molecular weight is 276 g/mol. The first-order chi connectivity index (χ1) is 9.69. The van der Waals surface area contributed by atoms with Gasteiger partial charge in [-0.15, -0.1) is 0 Å². The third kappa shape index (κ3) is 4.23. The van der Waals surface area contributed by atoms with E-state index >= 15 is 0 Å². The third-order valence-corrected chi connectivity index (χ3v) is 4.02. The highest BCUT2D eigenvalue weighted by Gasteiger charge is 2.22. The number of amides is 1. The average Bonchev–Trinajstić information content (AvgIpc) is 2.48. The normalized spacial score (nSPS) is 22.3. The lowest BCUT2D eigenvalue weighted by Crippen LogP contribution is -2.43. The van der Waals surface area contributed by atoms with Gasteiger partial charge in [-0.05, 0) is 36.5 Å². The zero-order chi connectivity index (χ0) is 14.4. The number of carbonyl (C=O) groups excluding carboxylic acids is 1. The van der Waals surface area contributed by atoms with Gasteiger partial charge in [-0.3, -0.25) is 4.79 Å². The number of anilines is 1. The first kappa shape index (κ1) is 14.9. The van der Waals surface area contributed by atoms with Gasteiger partial charge in [0.2, 0.25) is 5.91 Å². The molecule has 2 unspecified atom stereocenters. The molecule has 1 fully saturated rings. The van der Waals surface area contributed by atoms with Gasteiger partial charge in [0.25, 0.3) is 0 Å². The van der Waals surface area contributed by atoms with Crippen LogP contribution in [-0.2, 0) is 11.4 Å². The van der Waals surface area contributed by atoms with Crippen molar-refractivity contribution >= 4 is 11.6 Å². The minimum absolute atomic E-state index is 0.0152. The van der Waals surface area contributed by atoms with E-state index in [-0.39, 0.29) is 19.1 Å². The summed E-state index contributed by atoms with van der Waals surface area (Å²) in [6.45, 7) is 2.50.